The molecule has 0 saturated heterocycles. The number of aliphatic hydroxyl groups excluding tert-OH is 1. The second kappa shape index (κ2) is 15.2. The van der Waals surface area contributed by atoms with Gasteiger partial charge in [0.25, 0.3) is 0 Å². The van der Waals surface area contributed by atoms with Crippen molar-refractivity contribution in [2.45, 2.75) is 38.7 Å². The summed E-state index contributed by atoms with van der Waals surface area (Å²) < 4.78 is 10.7. The van der Waals surface area contributed by atoms with Crippen molar-refractivity contribution in [3.8, 4) is 0 Å². The monoisotopic (exact) mass is 290 g/mol. The molecule has 0 radical (unpaired) electrons. The van der Waals surface area contributed by atoms with Gasteiger partial charge in [0.1, 0.15) is 0 Å². The van der Waals surface area contributed by atoms with Crippen LogP contribution >= 0.6 is 0 Å². The number of aliphatic hydroxyl groups is 1. The molecule has 1 unspecified atom stereocenters. The minimum Gasteiger partial charge on any atom is -0.389 e. The van der Waals surface area contributed by atoms with E-state index in [-0.39, 0.29) is 0 Å². The lowest BCUT2D eigenvalue weighted by Gasteiger charge is -2.13. The summed E-state index contributed by atoms with van der Waals surface area (Å²) >= 11 is 0. The van der Waals surface area contributed by atoms with Gasteiger partial charge in [-0.25, -0.2) is 0 Å². The molecule has 1 atom stereocenters. The number of hydrogen-bond donors (Lipinski definition) is 2. The van der Waals surface area contributed by atoms with Crippen LogP contribution in [0.3, 0.4) is 0 Å². The molecule has 0 rings (SSSR count). The highest BCUT2D eigenvalue weighted by Gasteiger charge is 2.03. The average molecular weight is 290 g/mol. The highest BCUT2D eigenvalue weighted by atomic mass is 16.5. The molecule has 5 nitrogen and oxygen atoms in total. The van der Waals surface area contributed by atoms with Gasteiger partial charge in [-0.05, 0) is 46.4 Å². The third-order valence-electron chi connectivity index (χ3n) is 2.91. The molecule has 0 aliphatic heterocycles. The standard InChI is InChI=1S/C15H34N2O3/c1-4-5-10-19-11-12-20-14-15(18)13-16-8-6-7-9-17(2)3/h15-16,18H,4-14H2,1-3H3. The first-order chi connectivity index (χ1) is 9.66. The first-order valence-electron chi connectivity index (χ1n) is 7.85. The fourth-order valence-electron chi connectivity index (χ4n) is 1.69. The van der Waals surface area contributed by atoms with E-state index in [2.05, 4.69) is 31.2 Å². The summed E-state index contributed by atoms with van der Waals surface area (Å²) in [6.07, 6.45) is 4.14. The summed E-state index contributed by atoms with van der Waals surface area (Å²) in [6.45, 7) is 7.16. The van der Waals surface area contributed by atoms with Gasteiger partial charge in [0.2, 0.25) is 0 Å². The zero-order valence-corrected chi connectivity index (χ0v) is 13.6. The van der Waals surface area contributed by atoms with E-state index in [0.717, 1.165) is 39.0 Å². The van der Waals surface area contributed by atoms with Crippen LogP contribution in [0.15, 0.2) is 0 Å². The molecule has 0 aliphatic rings. The number of unbranched alkanes of at least 4 members (excludes halogenated alkanes) is 2. The lowest BCUT2D eigenvalue weighted by molar-refractivity contribution is 0.00396. The van der Waals surface area contributed by atoms with Crippen molar-refractivity contribution in [1.29, 1.82) is 0 Å². The number of nitrogens with zero attached hydrogens (tertiary/aromatic N) is 1. The molecule has 0 aliphatic carbocycles. The van der Waals surface area contributed by atoms with Gasteiger partial charge >= 0.3 is 0 Å². The van der Waals surface area contributed by atoms with Gasteiger partial charge in [-0.2, -0.15) is 0 Å². The summed E-state index contributed by atoms with van der Waals surface area (Å²) in [5.41, 5.74) is 0. The quantitative estimate of drug-likeness (QED) is 0.443. The summed E-state index contributed by atoms with van der Waals surface area (Å²) in [5, 5.41) is 12.9. The molecule has 0 aromatic heterocycles. The Labute approximate surface area is 124 Å². The van der Waals surface area contributed by atoms with E-state index < -0.39 is 6.10 Å². The Morgan fingerprint density at radius 3 is 2.50 bits per heavy atom. The van der Waals surface area contributed by atoms with Crippen LogP contribution in [-0.4, -0.2) is 76.3 Å². The van der Waals surface area contributed by atoms with Crippen LogP contribution in [0.2, 0.25) is 0 Å². The largest absolute Gasteiger partial charge is 0.389 e. The second-order valence-electron chi connectivity index (χ2n) is 5.41. The minimum atomic E-state index is -0.431. The molecule has 0 bridgehead atoms. The Bertz CT molecular complexity index is 192. The Hall–Kier alpha value is -0.200. The Balaban J connectivity index is 3.14. The number of ether oxygens (including phenoxy) is 2. The first kappa shape index (κ1) is 19.8. The van der Waals surface area contributed by atoms with E-state index in [1.165, 1.54) is 6.42 Å². The zero-order valence-electron chi connectivity index (χ0n) is 13.6. The van der Waals surface area contributed by atoms with Crippen molar-refractivity contribution in [1.82, 2.24) is 10.2 Å². The van der Waals surface area contributed by atoms with E-state index in [9.17, 15) is 5.11 Å². The molecule has 2 N–H and O–H groups in total. The Morgan fingerprint density at radius 1 is 1.05 bits per heavy atom. The van der Waals surface area contributed by atoms with Gasteiger partial charge in [-0.3, -0.25) is 0 Å². The van der Waals surface area contributed by atoms with E-state index in [4.69, 9.17) is 9.47 Å². The summed E-state index contributed by atoms with van der Waals surface area (Å²) in [4.78, 5) is 2.19. The van der Waals surface area contributed by atoms with Crippen LogP contribution in [0.25, 0.3) is 0 Å². The molecule has 0 aromatic carbocycles. The van der Waals surface area contributed by atoms with Crippen LogP contribution in [0, 0.1) is 0 Å². The van der Waals surface area contributed by atoms with Crippen LogP contribution in [-0.2, 0) is 9.47 Å². The lowest BCUT2D eigenvalue weighted by atomic mass is 10.3. The molecule has 0 amide bonds. The fraction of sp³-hybridized carbons (Fsp3) is 1.00. The molecule has 122 valence electrons. The van der Waals surface area contributed by atoms with Gasteiger partial charge in [-0.15, -0.1) is 0 Å². The number of hydrogen-bond acceptors (Lipinski definition) is 5. The Morgan fingerprint density at radius 2 is 1.80 bits per heavy atom. The van der Waals surface area contributed by atoms with Gasteiger partial charge in [0.15, 0.2) is 0 Å². The van der Waals surface area contributed by atoms with Crippen LogP contribution < -0.4 is 5.32 Å². The van der Waals surface area contributed by atoms with E-state index >= 15 is 0 Å². The maximum Gasteiger partial charge on any atom is 0.0897 e. The predicted octanol–water partition coefficient (Wildman–Crippen LogP) is 1.11. The summed E-state index contributed by atoms with van der Waals surface area (Å²) in [6, 6.07) is 0. The van der Waals surface area contributed by atoms with Crippen LogP contribution in [0.5, 0.6) is 0 Å². The number of nitrogens with one attached hydrogen (secondary N) is 1. The maximum absolute atomic E-state index is 9.70. The molecule has 20 heavy (non-hydrogen) atoms. The topological polar surface area (TPSA) is 54.0 Å². The highest BCUT2D eigenvalue weighted by Crippen LogP contribution is 1.91. The molecule has 0 saturated carbocycles. The molecule has 0 heterocycles. The van der Waals surface area contributed by atoms with Crippen LogP contribution in [0.1, 0.15) is 32.6 Å². The fourth-order valence-corrected chi connectivity index (χ4v) is 1.69. The molecule has 0 fully saturated rings. The SMILES string of the molecule is CCCCOCCOCC(O)CNCCCCN(C)C. The molecule has 0 spiro atoms. The molecular formula is C15H34N2O3. The predicted molar refractivity (Wildman–Crippen MR) is 83.2 cm³/mol. The van der Waals surface area contributed by atoms with Gasteiger partial charge in [0, 0.05) is 13.2 Å². The average Bonchev–Trinajstić information content (AvgIpc) is 2.41. The van der Waals surface area contributed by atoms with Crippen molar-refractivity contribution >= 4 is 0 Å². The van der Waals surface area contributed by atoms with Crippen molar-refractivity contribution in [3.05, 3.63) is 0 Å². The number of rotatable bonds is 15. The van der Waals surface area contributed by atoms with Gasteiger partial charge in [0.05, 0.1) is 25.9 Å². The van der Waals surface area contributed by atoms with Crippen molar-refractivity contribution in [3.63, 3.8) is 0 Å². The molecule has 5 heteroatoms. The van der Waals surface area contributed by atoms with Crippen molar-refractivity contribution in [2.75, 3.05) is 60.2 Å². The van der Waals surface area contributed by atoms with Gasteiger partial charge in [-0.1, -0.05) is 13.3 Å². The normalized spacial score (nSPS) is 13.1. The zero-order chi connectivity index (χ0) is 15.1. The van der Waals surface area contributed by atoms with Crippen molar-refractivity contribution in [2.24, 2.45) is 0 Å². The Kier molecular flexibility index (Phi) is 15.0. The van der Waals surface area contributed by atoms with E-state index in [1.807, 2.05) is 0 Å². The first-order valence-corrected chi connectivity index (χ1v) is 7.85. The van der Waals surface area contributed by atoms with Crippen molar-refractivity contribution < 1.29 is 14.6 Å². The van der Waals surface area contributed by atoms with Gasteiger partial charge < -0.3 is 24.8 Å². The highest BCUT2D eigenvalue weighted by molar-refractivity contribution is 4.59. The van der Waals surface area contributed by atoms with Crippen LogP contribution in [0.4, 0.5) is 0 Å². The van der Waals surface area contributed by atoms with E-state index in [0.29, 0.717) is 26.4 Å². The lowest BCUT2D eigenvalue weighted by Crippen LogP contribution is -2.31. The van der Waals surface area contributed by atoms with E-state index in [1.54, 1.807) is 0 Å². The summed E-state index contributed by atoms with van der Waals surface area (Å²) in [5.74, 6) is 0. The second-order valence-corrected chi connectivity index (χ2v) is 5.41. The minimum absolute atomic E-state index is 0.377. The summed E-state index contributed by atoms with van der Waals surface area (Å²) in [7, 11) is 4.17. The molecular weight excluding hydrogens is 256 g/mol. The maximum atomic E-state index is 9.70. The third-order valence-corrected chi connectivity index (χ3v) is 2.91. The smallest absolute Gasteiger partial charge is 0.0897 e. The third kappa shape index (κ3) is 15.9. The molecule has 0 aromatic rings.